The smallest absolute Gasteiger partial charge is 0.313 e. The lowest BCUT2D eigenvalue weighted by Crippen LogP contribution is -2.36. The Morgan fingerprint density at radius 2 is 1.56 bits per heavy atom. The SMILES string of the molecule is O=C(NCCCc1ccc(N2CCCCCC2)cc1)C(=O)Nc1ccc2c(c1)OCCO2. The van der Waals surface area contributed by atoms with E-state index in [1.807, 2.05) is 0 Å². The monoisotopic (exact) mass is 437 g/mol. The second kappa shape index (κ2) is 10.9. The molecule has 0 radical (unpaired) electrons. The summed E-state index contributed by atoms with van der Waals surface area (Å²) in [5, 5.41) is 5.29. The molecular weight excluding hydrogens is 406 g/mol. The van der Waals surface area contributed by atoms with Crippen molar-refractivity contribution in [1.29, 1.82) is 0 Å². The minimum absolute atomic E-state index is 0.446. The van der Waals surface area contributed by atoms with Crippen LogP contribution in [0.2, 0.25) is 0 Å². The van der Waals surface area contributed by atoms with Crippen molar-refractivity contribution in [3.63, 3.8) is 0 Å². The van der Waals surface area contributed by atoms with E-state index < -0.39 is 11.8 Å². The molecule has 170 valence electrons. The van der Waals surface area contributed by atoms with Crippen LogP contribution >= 0.6 is 0 Å². The van der Waals surface area contributed by atoms with E-state index in [0.29, 0.717) is 36.9 Å². The van der Waals surface area contributed by atoms with Crippen molar-refractivity contribution >= 4 is 23.2 Å². The molecular formula is C25H31N3O4. The van der Waals surface area contributed by atoms with Crippen LogP contribution in [0.4, 0.5) is 11.4 Å². The van der Waals surface area contributed by atoms with E-state index in [9.17, 15) is 9.59 Å². The van der Waals surface area contributed by atoms with Gasteiger partial charge in [-0.1, -0.05) is 25.0 Å². The van der Waals surface area contributed by atoms with Gasteiger partial charge in [0, 0.05) is 37.1 Å². The van der Waals surface area contributed by atoms with Gasteiger partial charge in [-0.3, -0.25) is 9.59 Å². The highest BCUT2D eigenvalue weighted by Gasteiger charge is 2.16. The number of nitrogens with one attached hydrogen (secondary N) is 2. The molecule has 0 atom stereocenters. The van der Waals surface area contributed by atoms with Crippen LogP contribution < -0.4 is 25.0 Å². The molecule has 0 aliphatic carbocycles. The first-order chi connectivity index (χ1) is 15.7. The van der Waals surface area contributed by atoms with Crippen molar-refractivity contribution < 1.29 is 19.1 Å². The van der Waals surface area contributed by atoms with Gasteiger partial charge in [0.1, 0.15) is 13.2 Å². The quantitative estimate of drug-likeness (QED) is 0.534. The molecule has 1 fully saturated rings. The highest BCUT2D eigenvalue weighted by molar-refractivity contribution is 6.39. The molecule has 0 bridgehead atoms. The first-order valence-corrected chi connectivity index (χ1v) is 11.5. The van der Waals surface area contributed by atoms with Gasteiger partial charge in [0.25, 0.3) is 0 Å². The molecule has 0 saturated carbocycles. The lowest BCUT2D eigenvalue weighted by atomic mass is 10.1. The Bertz CT molecular complexity index is 921. The zero-order valence-corrected chi connectivity index (χ0v) is 18.4. The maximum Gasteiger partial charge on any atom is 0.313 e. The average Bonchev–Trinajstić information content (AvgIpc) is 3.12. The number of nitrogens with zero attached hydrogens (tertiary/aromatic N) is 1. The van der Waals surface area contributed by atoms with Crippen molar-refractivity contribution in [2.45, 2.75) is 38.5 Å². The van der Waals surface area contributed by atoms with Gasteiger partial charge < -0.3 is 25.0 Å². The Morgan fingerprint density at radius 1 is 0.844 bits per heavy atom. The van der Waals surface area contributed by atoms with E-state index in [4.69, 9.17) is 9.47 Å². The van der Waals surface area contributed by atoms with Crippen LogP contribution in [0.15, 0.2) is 42.5 Å². The van der Waals surface area contributed by atoms with Gasteiger partial charge >= 0.3 is 11.8 Å². The first-order valence-electron chi connectivity index (χ1n) is 11.5. The number of carbonyl (C=O) groups is 2. The second-order valence-corrected chi connectivity index (χ2v) is 8.24. The lowest BCUT2D eigenvalue weighted by molar-refractivity contribution is -0.136. The molecule has 7 heteroatoms. The van der Waals surface area contributed by atoms with Crippen LogP contribution in [0.5, 0.6) is 11.5 Å². The summed E-state index contributed by atoms with van der Waals surface area (Å²) in [5.41, 5.74) is 3.03. The highest BCUT2D eigenvalue weighted by Crippen LogP contribution is 2.32. The molecule has 0 spiro atoms. The van der Waals surface area contributed by atoms with Gasteiger partial charge in [0.05, 0.1) is 0 Å². The summed E-state index contributed by atoms with van der Waals surface area (Å²) in [7, 11) is 0. The largest absolute Gasteiger partial charge is 0.486 e. The van der Waals surface area contributed by atoms with Crippen molar-refractivity contribution in [2.75, 3.05) is 43.1 Å². The lowest BCUT2D eigenvalue weighted by Gasteiger charge is -2.22. The third-order valence-corrected chi connectivity index (χ3v) is 5.84. The third kappa shape index (κ3) is 5.93. The van der Waals surface area contributed by atoms with Crippen LogP contribution in [0.3, 0.4) is 0 Å². The molecule has 0 aromatic heterocycles. The summed E-state index contributed by atoms with van der Waals surface area (Å²) in [6, 6.07) is 13.8. The second-order valence-electron chi connectivity index (χ2n) is 8.24. The maximum atomic E-state index is 12.2. The Labute approximate surface area is 189 Å². The molecule has 4 rings (SSSR count). The van der Waals surface area contributed by atoms with Crippen molar-refractivity contribution in [3.05, 3.63) is 48.0 Å². The fraction of sp³-hybridized carbons (Fsp3) is 0.440. The summed E-state index contributed by atoms with van der Waals surface area (Å²) in [5.74, 6) is -0.130. The number of fused-ring (bicyclic) bond motifs is 1. The molecule has 2 aromatic carbocycles. The average molecular weight is 438 g/mol. The van der Waals surface area contributed by atoms with Crippen LogP contribution in [-0.2, 0) is 16.0 Å². The predicted octanol–water partition coefficient (Wildman–Crippen LogP) is 3.53. The maximum absolute atomic E-state index is 12.2. The van der Waals surface area contributed by atoms with Crippen LogP contribution in [0, 0.1) is 0 Å². The molecule has 0 unspecified atom stereocenters. The molecule has 32 heavy (non-hydrogen) atoms. The molecule has 2 N–H and O–H groups in total. The van der Waals surface area contributed by atoms with Crippen molar-refractivity contribution in [3.8, 4) is 11.5 Å². The highest BCUT2D eigenvalue weighted by atomic mass is 16.6. The number of aryl methyl sites for hydroxylation is 1. The summed E-state index contributed by atoms with van der Waals surface area (Å²) < 4.78 is 11.0. The Hall–Kier alpha value is -3.22. The van der Waals surface area contributed by atoms with Gasteiger partial charge in [-0.25, -0.2) is 0 Å². The summed E-state index contributed by atoms with van der Waals surface area (Å²) >= 11 is 0. The number of benzene rings is 2. The Balaban J connectivity index is 1.18. The molecule has 2 heterocycles. The van der Waals surface area contributed by atoms with Crippen molar-refractivity contribution in [2.24, 2.45) is 0 Å². The van der Waals surface area contributed by atoms with Crippen LogP contribution in [0.1, 0.15) is 37.7 Å². The Kier molecular flexibility index (Phi) is 7.48. The number of carbonyl (C=O) groups excluding carboxylic acids is 2. The predicted molar refractivity (Wildman–Crippen MR) is 125 cm³/mol. The van der Waals surface area contributed by atoms with Crippen LogP contribution in [0.25, 0.3) is 0 Å². The van der Waals surface area contributed by atoms with E-state index in [0.717, 1.165) is 25.9 Å². The number of hydrogen-bond acceptors (Lipinski definition) is 5. The molecule has 1 saturated heterocycles. The first kappa shape index (κ1) is 22.0. The Morgan fingerprint density at radius 3 is 2.31 bits per heavy atom. The normalized spacial score (nSPS) is 15.6. The minimum Gasteiger partial charge on any atom is -0.486 e. The van der Waals surface area contributed by atoms with Gasteiger partial charge in [-0.05, 0) is 55.5 Å². The number of ether oxygens (including phenoxy) is 2. The minimum atomic E-state index is -0.691. The van der Waals surface area contributed by atoms with E-state index in [1.165, 1.54) is 36.9 Å². The van der Waals surface area contributed by atoms with Gasteiger partial charge in [0.2, 0.25) is 0 Å². The van der Waals surface area contributed by atoms with Gasteiger partial charge in [-0.15, -0.1) is 0 Å². The van der Waals surface area contributed by atoms with E-state index in [-0.39, 0.29) is 0 Å². The van der Waals surface area contributed by atoms with E-state index in [1.54, 1.807) is 18.2 Å². The standard InChI is InChI=1S/C25H31N3O4/c29-24(25(30)27-20-9-12-22-23(18-20)32-17-16-31-22)26-13-5-6-19-7-10-21(11-8-19)28-14-3-1-2-4-15-28/h7-12,18H,1-6,13-17H2,(H,26,29)(H,27,30). The zero-order valence-electron chi connectivity index (χ0n) is 18.4. The summed E-state index contributed by atoms with van der Waals surface area (Å²) in [6.45, 7) is 3.69. The molecule has 2 aliphatic rings. The topological polar surface area (TPSA) is 79.9 Å². The fourth-order valence-corrected chi connectivity index (χ4v) is 4.09. The molecule has 2 aromatic rings. The van der Waals surface area contributed by atoms with E-state index >= 15 is 0 Å². The summed E-state index contributed by atoms with van der Waals surface area (Å²) in [4.78, 5) is 26.7. The van der Waals surface area contributed by atoms with E-state index in [2.05, 4.69) is 39.8 Å². The van der Waals surface area contributed by atoms with Gasteiger partial charge in [-0.2, -0.15) is 0 Å². The van der Waals surface area contributed by atoms with Gasteiger partial charge in [0.15, 0.2) is 11.5 Å². The van der Waals surface area contributed by atoms with Crippen LogP contribution in [-0.4, -0.2) is 44.7 Å². The summed E-state index contributed by atoms with van der Waals surface area (Å²) in [6.07, 6.45) is 6.81. The van der Waals surface area contributed by atoms with Crippen molar-refractivity contribution in [1.82, 2.24) is 5.32 Å². The number of rotatable bonds is 6. The number of hydrogen-bond donors (Lipinski definition) is 2. The molecule has 7 nitrogen and oxygen atoms in total. The number of amides is 2. The third-order valence-electron chi connectivity index (χ3n) is 5.84. The molecule has 2 aliphatic heterocycles. The molecule has 2 amide bonds. The zero-order chi connectivity index (χ0) is 22.2. The fourth-order valence-electron chi connectivity index (χ4n) is 4.09. The number of anilines is 2.